The first-order valence-electron chi connectivity index (χ1n) is 8.38. The molecule has 2 aromatic rings. The fourth-order valence-corrected chi connectivity index (χ4v) is 3.58. The summed E-state index contributed by atoms with van der Waals surface area (Å²) in [5.41, 5.74) is 1.20. The molecular formula is C19H24N2O2S. The molecule has 128 valence electrons. The van der Waals surface area contributed by atoms with Crippen LogP contribution >= 0.6 is 11.8 Å². The van der Waals surface area contributed by atoms with Crippen molar-refractivity contribution in [2.75, 3.05) is 43.1 Å². The Bertz CT molecular complexity index is 699. The van der Waals surface area contributed by atoms with Crippen LogP contribution in [-0.4, -0.2) is 60.2 Å². The third kappa shape index (κ3) is 3.84. The number of nitrogens with zero attached hydrogens (tertiary/aromatic N) is 2. The number of rotatable bonds is 5. The molecule has 1 saturated heterocycles. The predicted octanol–water partition coefficient (Wildman–Crippen LogP) is 2.60. The second-order valence-electron chi connectivity index (χ2n) is 6.14. The van der Waals surface area contributed by atoms with Gasteiger partial charge in [0.15, 0.2) is 0 Å². The average molecular weight is 344 g/mol. The van der Waals surface area contributed by atoms with Crippen LogP contribution in [0.1, 0.15) is 6.42 Å². The Balaban J connectivity index is 1.60. The summed E-state index contributed by atoms with van der Waals surface area (Å²) in [6.45, 7) is 2.95. The number of carbonyl (C=O) groups is 1. The third-order valence-corrected chi connectivity index (χ3v) is 5.21. The molecule has 0 aromatic heterocycles. The molecule has 0 radical (unpaired) electrons. The maximum absolute atomic E-state index is 12.3. The molecule has 1 amide bonds. The van der Waals surface area contributed by atoms with Crippen molar-refractivity contribution in [3.05, 3.63) is 42.5 Å². The molecule has 4 nitrogen and oxygen atoms in total. The van der Waals surface area contributed by atoms with Crippen LogP contribution < -0.4 is 4.90 Å². The summed E-state index contributed by atoms with van der Waals surface area (Å²) in [5.74, 6) is 0.687. The number of fused-ring (bicyclic) bond motifs is 1. The lowest BCUT2D eigenvalue weighted by Gasteiger charge is -2.37. The van der Waals surface area contributed by atoms with E-state index < -0.39 is 6.10 Å². The van der Waals surface area contributed by atoms with Crippen molar-refractivity contribution in [1.82, 2.24) is 4.90 Å². The van der Waals surface area contributed by atoms with Crippen molar-refractivity contribution in [3.8, 4) is 0 Å². The van der Waals surface area contributed by atoms with E-state index in [2.05, 4.69) is 47.4 Å². The number of benzene rings is 2. The number of hydrogen-bond acceptors (Lipinski definition) is 4. The highest BCUT2D eigenvalue weighted by Crippen LogP contribution is 2.23. The zero-order valence-electron chi connectivity index (χ0n) is 14.0. The predicted molar refractivity (Wildman–Crippen MR) is 102 cm³/mol. The summed E-state index contributed by atoms with van der Waals surface area (Å²) >= 11 is 1.65. The molecule has 1 heterocycles. The monoisotopic (exact) mass is 344 g/mol. The van der Waals surface area contributed by atoms with Gasteiger partial charge in [0.2, 0.25) is 0 Å². The number of aliphatic hydroxyl groups excluding tert-OH is 1. The van der Waals surface area contributed by atoms with E-state index in [1.807, 2.05) is 6.26 Å². The highest BCUT2D eigenvalue weighted by molar-refractivity contribution is 7.98. The standard InChI is InChI=1S/C19H24N2O2S/c1-24-13-8-18(22)19(23)21-11-9-20(10-12-21)17-7-6-15-4-2-3-5-16(15)14-17/h2-7,14,18,22H,8-13H2,1H3/t18-/m0/s1. The lowest BCUT2D eigenvalue weighted by molar-refractivity contribution is -0.140. The Labute approximate surface area is 147 Å². The molecule has 0 spiro atoms. The number of piperazine rings is 1. The number of aliphatic hydroxyl groups is 1. The van der Waals surface area contributed by atoms with Crippen molar-refractivity contribution in [3.63, 3.8) is 0 Å². The zero-order valence-corrected chi connectivity index (χ0v) is 14.8. The molecule has 1 N–H and O–H groups in total. The van der Waals surface area contributed by atoms with Crippen molar-refractivity contribution >= 4 is 34.1 Å². The van der Waals surface area contributed by atoms with Gasteiger partial charge in [0, 0.05) is 31.9 Å². The van der Waals surface area contributed by atoms with Gasteiger partial charge in [-0.05, 0) is 41.3 Å². The van der Waals surface area contributed by atoms with Gasteiger partial charge >= 0.3 is 0 Å². The molecule has 0 saturated carbocycles. The molecule has 0 aliphatic carbocycles. The molecule has 24 heavy (non-hydrogen) atoms. The van der Waals surface area contributed by atoms with E-state index in [4.69, 9.17) is 0 Å². The Morgan fingerprint density at radius 3 is 2.54 bits per heavy atom. The highest BCUT2D eigenvalue weighted by atomic mass is 32.2. The van der Waals surface area contributed by atoms with Crippen molar-refractivity contribution < 1.29 is 9.90 Å². The number of thioether (sulfide) groups is 1. The molecule has 1 aliphatic heterocycles. The van der Waals surface area contributed by atoms with Crippen molar-refractivity contribution in [1.29, 1.82) is 0 Å². The minimum Gasteiger partial charge on any atom is -0.383 e. The number of carbonyl (C=O) groups excluding carboxylic acids is 1. The average Bonchev–Trinajstić information content (AvgIpc) is 2.65. The summed E-state index contributed by atoms with van der Waals surface area (Å²) in [5, 5.41) is 12.5. The second kappa shape index (κ2) is 7.90. The number of hydrogen-bond donors (Lipinski definition) is 1. The van der Waals surface area contributed by atoms with Crippen LogP contribution in [0.15, 0.2) is 42.5 Å². The zero-order chi connectivity index (χ0) is 16.9. The summed E-state index contributed by atoms with van der Waals surface area (Å²) in [6, 6.07) is 14.8. The molecule has 3 rings (SSSR count). The SMILES string of the molecule is CSCC[C@H](O)C(=O)N1CCN(c2ccc3ccccc3c2)CC1. The van der Waals surface area contributed by atoms with Gasteiger partial charge in [0.1, 0.15) is 6.10 Å². The summed E-state index contributed by atoms with van der Waals surface area (Å²) in [4.78, 5) is 16.4. The van der Waals surface area contributed by atoms with Gasteiger partial charge in [0.05, 0.1) is 0 Å². The summed E-state index contributed by atoms with van der Waals surface area (Å²) in [7, 11) is 0. The van der Waals surface area contributed by atoms with Gasteiger partial charge in [-0.1, -0.05) is 30.3 Å². The second-order valence-corrected chi connectivity index (χ2v) is 7.13. The van der Waals surface area contributed by atoms with E-state index in [0.29, 0.717) is 19.5 Å². The topological polar surface area (TPSA) is 43.8 Å². The minimum absolute atomic E-state index is 0.123. The van der Waals surface area contributed by atoms with Crippen molar-refractivity contribution in [2.45, 2.75) is 12.5 Å². The third-order valence-electron chi connectivity index (χ3n) is 4.57. The van der Waals surface area contributed by atoms with Crippen LogP contribution in [0.5, 0.6) is 0 Å². The highest BCUT2D eigenvalue weighted by Gasteiger charge is 2.25. The quantitative estimate of drug-likeness (QED) is 0.905. The van der Waals surface area contributed by atoms with Crippen LogP contribution in [0.25, 0.3) is 10.8 Å². The van der Waals surface area contributed by atoms with E-state index in [1.54, 1.807) is 16.7 Å². The van der Waals surface area contributed by atoms with E-state index in [9.17, 15) is 9.90 Å². The molecule has 1 atom stereocenters. The lowest BCUT2D eigenvalue weighted by atomic mass is 10.1. The van der Waals surface area contributed by atoms with Crippen LogP contribution in [0.2, 0.25) is 0 Å². The maximum atomic E-state index is 12.3. The number of amides is 1. The first kappa shape index (κ1) is 17.1. The number of anilines is 1. The van der Waals surface area contributed by atoms with E-state index in [-0.39, 0.29) is 5.91 Å². The van der Waals surface area contributed by atoms with Gasteiger partial charge in [0.25, 0.3) is 5.91 Å². The Hall–Kier alpha value is -1.72. The van der Waals surface area contributed by atoms with Gasteiger partial charge in [-0.2, -0.15) is 11.8 Å². The Kier molecular flexibility index (Phi) is 5.63. The Morgan fingerprint density at radius 1 is 1.12 bits per heavy atom. The normalized spacial score (nSPS) is 16.4. The molecule has 2 aromatic carbocycles. The van der Waals surface area contributed by atoms with E-state index in [1.165, 1.54) is 16.5 Å². The maximum Gasteiger partial charge on any atom is 0.251 e. The van der Waals surface area contributed by atoms with E-state index in [0.717, 1.165) is 18.8 Å². The van der Waals surface area contributed by atoms with Crippen LogP contribution in [0.3, 0.4) is 0 Å². The van der Waals surface area contributed by atoms with Crippen LogP contribution in [0.4, 0.5) is 5.69 Å². The first-order chi connectivity index (χ1) is 11.7. The summed E-state index contributed by atoms with van der Waals surface area (Å²) < 4.78 is 0. The van der Waals surface area contributed by atoms with E-state index >= 15 is 0 Å². The fourth-order valence-electron chi connectivity index (χ4n) is 3.12. The summed E-state index contributed by atoms with van der Waals surface area (Å²) in [6.07, 6.45) is 1.66. The molecule has 5 heteroatoms. The first-order valence-corrected chi connectivity index (χ1v) is 9.78. The van der Waals surface area contributed by atoms with Gasteiger partial charge in [-0.15, -0.1) is 0 Å². The van der Waals surface area contributed by atoms with Crippen LogP contribution in [-0.2, 0) is 4.79 Å². The molecule has 1 fully saturated rings. The van der Waals surface area contributed by atoms with Gasteiger partial charge in [-0.3, -0.25) is 4.79 Å². The molecule has 0 bridgehead atoms. The minimum atomic E-state index is -0.857. The smallest absolute Gasteiger partial charge is 0.251 e. The molecule has 0 unspecified atom stereocenters. The van der Waals surface area contributed by atoms with Crippen molar-refractivity contribution in [2.24, 2.45) is 0 Å². The van der Waals surface area contributed by atoms with Crippen LogP contribution in [0, 0.1) is 0 Å². The van der Waals surface area contributed by atoms with Gasteiger partial charge < -0.3 is 14.9 Å². The Morgan fingerprint density at radius 2 is 1.83 bits per heavy atom. The molecule has 1 aliphatic rings. The lowest BCUT2D eigenvalue weighted by Crippen LogP contribution is -2.51. The van der Waals surface area contributed by atoms with Gasteiger partial charge in [-0.25, -0.2) is 0 Å². The fraction of sp³-hybridized carbons (Fsp3) is 0.421. The molecular weight excluding hydrogens is 320 g/mol. The largest absolute Gasteiger partial charge is 0.383 e.